The van der Waals surface area contributed by atoms with Crippen LogP contribution in [0.1, 0.15) is 0 Å². The SMILES string of the molecule is CS(=O)(=O)NC(=O)[C@@H]1COCCN1. The number of sulfonamides is 1. The van der Waals surface area contributed by atoms with Crippen LogP contribution >= 0.6 is 0 Å². The second-order valence-electron chi connectivity index (χ2n) is 2.82. The first kappa shape index (κ1) is 10.4. The van der Waals surface area contributed by atoms with Gasteiger partial charge >= 0.3 is 0 Å². The molecular weight excluding hydrogens is 196 g/mol. The summed E-state index contributed by atoms with van der Waals surface area (Å²) in [5.74, 6) is -0.567. The summed E-state index contributed by atoms with van der Waals surface area (Å²) >= 11 is 0. The Morgan fingerprint density at radius 1 is 1.62 bits per heavy atom. The summed E-state index contributed by atoms with van der Waals surface area (Å²) in [6, 6.07) is -0.566. The van der Waals surface area contributed by atoms with E-state index in [0.29, 0.717) is 13.2 Å². The van der Waals surface area contributed by atoms with Gasteiger partial charge in [0.05, 0.1) is 19.5 Å². The van der Waals surface area contributed by atoms with Gasteiger partial charge in [0.1, 0.15) is 6.04 Å². The van der Waals surface area contributed by atoms with Crippen LogP contribution in [0.5, 0.6) is 0 Å². The number of amides is 1. The minimum atomic E-state index is -3.47. The molecule has 0 unspecified atom stereocenters. The van der Waals surface area contributed by atoms with Crippen molar-refractivity contribution >= 4 is 15.9 Å². The number of carbonyl (C=O) groups is 1. The van der Waals surface area contributed by atoms with E-state index in [4.69, 9.17) is 4.74 Å². The Bertz CT molecular complexity index is 281. The van der Waals surface area contributed by atoms with Crippen molar-refractivity contribution in [2.75, 3.05) is 26.0 Å². The molecule has 0 aromatic carbocycles. The van der Waals surface area contributed by atoms with Gasteiger partial charge < -0.3 is 10.1 Å². The second kappa shape index (κ2) is 4.03. The first-order valence-electron chi connectivity index (χ1n) is 3.82. The third-order valence-electron chi connectivity index (χ3n) is 1.52. The number of hydrogen-bond donors (Lipinski definition) is 2. The van der Waals surface area contributed by atoms with Crippen molar-refractivity contribution < 1.29 is 17.9 Å². The number of ether oxygens (including phenoxy) is 1. The average Bonchev–Trinajstić information content (AvgIpc) is 2.03. The third kappa shape index (κ3) is 3.71. The van der Waals surface area contributed by atoms with E-state index in [1.54, 1.807) is 0 Å². The lowest BCUT2D eigenvalue weighted by atomic mass is 10.3. The molecule has 13 heavy (non-hydrogen) atoms. The summed E-state index contributed by atoms with van der Waals surface area (Å²) in [5.41, 5.74) is 0. The van der Waals surface area contributed by atoms with E-state index in [1.807, 2.05) is 4.72 Å². The molecule has 1 amide bonds. The fourth-order valence-corrected chi connectivity index (χ4v) is 1.50. The molecule has 76 valence electrons. The van der Waals surface area contributed by atoms with Gasteiger partial charge in [-0.25, -0.2) is 8.42 Å². The van der Waals surface area contributed by atoms with Crippen LogP contribution in [0.3, 0.4) is 0 Å². The first-order valence-corrected chi connectivity index (χ1v) is 5.71. The lowest BCUT2D eigenvalue weighted by Crippen LogP contribution is -2.52. The second-order valence-corrected chi connectivity index (χ2v) is 4.57. The number of rotatable bonds is 2. The van der Waals surface area contributed by atoms with Crippen molar-refractivity contribution in [2.45, 2.75) is 6.04 Å². The zero-order chi connectivity index (χ0) is 9.90. The quantitative estimate of drug-likeness (QED) is 0.551. The Kier molecular flexibility index (Phi) is 3.23. The molecular formula is C6H12N2O4S. The number of hydrogen-bond acceptors (Lipinski definition) is 5. The summed E-state index contributed by atoms with van der Waals surface area (Å²) in [7, 11) is -3.47. The highest BCUT2D eigenvalue weighted by molar-refractivity contribution is 7.89. The van der Waals surface area contributed by atoms with Gasteiger partial charge in [0.15, 0.2) is 0 Å². The van der Waals surface area contributed by atoms with Crippen molar-refractivity contribution in [2.24, 2.45) is 0 Å². The molecule has 0 spiro atoms. The van der Waals surface area contributed by atoms with Crippen LogP contribution < -0.4 is 10.0 Å². The highest BCUT2D eigenvalue weighted by Crippen LogP contribution is 1.93. The first-order chi connectivity index (χ1) is 5.99. The van der Waals surface area contributed by atoms with E-state index >= 15 is 0 Å². The van der Waals surface area contributed by atoms with E-state index in [9.17, 15) is 13.2 Å². The van der Waals surface area contributed by atoms with Crippen molar-refractivity contribution in [3.05, 3.63) is 0 Å². The fourth-order valence-electron chi connectivity index (χ4n) is 0.988. The number of carbonyl (C=O) groups excluding carboxylic acids is 1. The molecule has 0 bridgehead atoms. The van der Waals surface area contributed by atoms with Gasteiger partial charge in [-0.1, -0.05) is 0 Å². The van der Waals surface area contributed by atoms with E-state index in [2.05, 4.69) is 5.32 Å². The topological polar surface area (TPSA) is 84.5 Å². The largest absolute Gasteiger partial charge is 0.378 e. The maximum atomic E-state index is 11.2. The Hall–Kier alpha value is -0.660. The standard InChI is InChI=1S/C6H12N2O4S/c1-13(10,11)8-6(9)5-4-12-3-2-7-5/h5,7H,2-4H2,1H3,(H,8,9)/t5-/m0/s1. The Labute approximate surface area is 76.7 Å². The monoisotopic (exact) mass is 208 g/mol. The van der Waals surface area contributed by atoms with Gasteiger partial charge in [-0.3, -0.25) is 9.52 Å². The van der Waals surface area contributed by atoms with Gasteiger partial charge in [0.2, 0.25) is 10.0 Å². The van der Waals surface area contributed by atoms with E-state index in [1.165, 1.54) is 0 Å². The summed E-state index contributed by atoms with van der Waals surface area (Å²) in [6.45, 7) is 1.31. The Morgan fingerprint density at radius 2 is 2.31 bits per heavy atom. The summed E-state index contributed by atoms with van der Waals surface area (Å²) < 4.78 is 28.2. The third-order valence-corrected chi connectivity index (χ3v) is 2.10. The number of nitrogens with one attached hydrogen (secondary N) is 2. The normalized spacial score (nSPS) is 23.9. The van der Waals surface area contributed by atoms with Gasteiger partial charge in [-0.15, -0.1) is 0 Å². The number of morpholine rings is 1. The fraction of sp³-hybridized carbons (Fsp3) is 0.833. The molecule has 0 saturated carbocycles. The van der Waals surface area contributed by atoms with Crippen LogP contribution in [-0.4, -0.2) is 46.4 Å². The maximum Gasteiger partial charge on any atom is 0.252 e. The molecule has 1 aliphatic heterocycles. The molecule has 0 aromatic rings. The summed E-state index contributed by atoms with van der Waals surface area (Å²) in [4.78, 5) is 11.2. The maximum absolute atomic E-state index is 11.2. The van der Waals surface area contributed by atoms with E-state index < -0.39 is 22.0 Å². The molecule has 1 aliphatic rings. The average molecular weight is 208 g/mol. The zero-order valence-electron chi connectivity index (χ0n) is 7.24. The lowest BCUT2D eigenvalue weighted by molar-refractivity contribution is -0.124. The van der Waals surface area contributed by atoms with Gasteiger partial charge in [0, 0.05) is 6.54 Å². The highest BCUT2D eigenvalue weighted by atomic mass is 32.2. The Morgan fingerprint density at radius 3 is 2.77 bits per heavy atom. The molecule has 1 saturated heterocycles. The van der Waals surface area contributed by atoms with Gasteiger partial charge in [-0.05, 0) is 0 Å². The molecule has 0 aromatic heterocycles. The summed E-state index contributed by atoms with van der Waals surface area (Å²) in [5, 5.41) is 2.84. The van der Waals surface area contributed by atoms with E-state index in [-0.39, 0.29) is 6.61 Å². The van der Waals surface area contributed by atoms with Crippen LogP contribution in [0.15, 0.2) is 0 Å². The van der Waals surface area contributed by atoms with E-state index in [0.717, 1.165) is 6.26 Å². The van der Waals surface area contributed by atoms with Crippen LogP contribution in [0, 0.1) is 0 Å². The van der Waals surface area contributed by atoms with Gasteiger partial charge in [0.25, 0.3) is 5.91 Å². The minimum absolute atomic E-state index is 0.210. The molecule has 6 nitrogen and oxygen atoms in total. The molecule has 0 aliphatic carbocycles. The summed E-state index contributed by atoms with van der Waals surface area (Å²) in [6.07, 6.45) is 0.939. The van der Waals surface area contributed by atoms with Crippen LogP contribution in [-0.2, 0) is 19.6 Å². The van der Waals surface area contributed by atoms with Crippen LogP contribution in [0.2, 0.25) is 0 Å². The van der Waals surface area contributed by atoms with Crippen molar-refractivity contribution in [3.63, 3.8) is 0 Å². The molecule has 7 heteroatoms. The zero-order valence-corrected chi connectivity index (χ0v) is 8.06. The van der Waals surface area contributed by atoms with Crippen molar-refractivity contribution in [1.82, 2.24) is 10.0 Å². The molecule has 1 atom stereocenters. The molecule has 1 rings (SSSR count). The molecule has 1 heterocycles. The smallest absolute Gasteiger partial charge is 0.252 e. The van der Waals surface area contributed by atoms with Crippen LogP contribution in [0.4, 0.5) is 0 Å². The molecule has 1 fully saturated rings. The van der Waals surface area contributed by atoms with Crippen molar-refractivity contribution in [3.8, 4) is 0 Å². The van der Waals surface area contributed by atoms with Gasteiger partial charge in [-0.2, -0.15) is 0 Å². The van der Waals surface area contributed by atoms with Crippen LogP contribution in [0.25, 0.3) is 0 Å². The Balaban J connectivity index is 2.47. The lowest BCUT2D eigenvalue weighted by Gasteiger charge is -2.22. The van der Waals surface area contributed by atoms with Crippen molar-refractivity contribution in [1.29, 1.82) is 0 Å². The highest BCUT2D eigenvalue weighted by Gasteiger charge is 2.23. The predicted octanol–water partition coefficient (Wildman–Crippen LogP) is -1.95. The predicted molar refractivity (Wildman–Crippen MR) is 45.6 cm³/mol. The minimum Gasteiger partial charge on any atom is -0.378 e. The molecule has 2 N–H and O–H groups in total. The molecule has 0 radical (unpaired) electrons.